The van der Waals surface area contributed by atoms with Crippen molar-refractivity contribution in [1.29, 1.82) is 0 Å². The fourth-order valence-electron chi connectivity index (χ4n) is 2.74. The van der Waals surface area contributed by atoms with Crippen molar-refractivity contribution >= 4 is 44.8 Å². The average Bonchev–Trinajstić information content (AvgIpc) is 2.62. The number of carbonyl (C=O) groups excluding carboxylic acids is 1. The predicted molar refractivity (Wildman–Crippen MR) is 111 cm³/mol. The van der Waals surface area contributed by atoms with Gasteiger partial charge in [-0.2, -0.15) is 0 Å². The van der Waals surface area contributed by atoms with E-state index < -0.39 is 22.0 Å². The van der Waals surface area contributed by atoms with Crippen LogP contribution in [-0.4, -0.2) is 33.2 Å². The molecule has 0 aromatic heterocycles. The van der Waals surface area contributed by atoms with Gasteiger partial charge in [0.15, 0.2) is 0 Å². The molecule has 0 radical (unpaired) electrons. The van der Waals surface area contributed by atoms with E-state index in [-0.39, 0.29) is 16.6 Å². The molecule has 0 aliphatic carbocycles. The van der Waals surface area contributed by atoms with Crippen molar-refractivity contribution in [1.82, 2.24) is 5.32 Å². The minimum absolute atomic E-state index is 0.0868. The van der Waals surface area contributed by atoms with Gasteiger partial charge in [0.25, 0.3) is 0 Å². The topological polar surface area (TPSA) is 66.5 Å². The van der Waals surface area contributed by atoms with Crippen LogP contribution in [0.25, 0.3) is 0 Å². The Morgan fingerprint density at radius 3 is 2.33 bits per heavy atom. The second-order valence-electron chi connectivity index (χ2n) is 6.39. The van der Waals surface area contributed by atoms with Crippen molar-refractivity contribution in [3.8, 4) is 0 Å². The highest BCUT2D eigenvalue weighted by Gasteiger charge is 2.30. The zero-order chi connectivity index (χ0) is 20.2. The summed E-state index contributed by atoms with van der Waals surface area (Å²) < 4.78 is 25.7. The second kappa shape index (κ2) is 8.95. The summed E-state index contributed by atoms with van der Waals surface area (Å²) in [6.45, 7) is 3.89. The first-order chi connectivity index (χ1) is 12.6. The van der Waals surface area contributed by atoms with Crippen molar-refractivity contribution in [2.24, 2.45) is 0 Å². The lowest BCUT2D eigenvalue weighted by atomic mass is 10.0. The van der Waals surface area contributed by atoms with Gasteiger partial charge < -0.3 is 5.32 Å². The number of anilines is 1. The molecular formula is C19H22Cl2N2O3S. The molecule has 0 saturated heterocycles. The van der Waals surface area contributed by atoms with Crippen LogP contribution in [0.15, 0.2) is 48.5 Å². The molecule has 146 valence electrons. The lowest BCUT2D eigenvalue weighted by Crippen LogP contribution is -2.48. The minimum atomic E-state index is -3.76. The summed E-state index contributed by atoms with van der Waals surface area (Å²) in [5.41, 5.74) is 1.26. The van der Waals surface area contributed by atoms with Gasteiger partial charge in [0, 0.05) is 11.6 Å². The van der Waals surface area contributed by atoms with E-state index in [4.69, 9.17) is 23.2 Å². The van der Waals surface area contributed by atoms with Crippen LogP contribution in [0.2, 0.25) is 10.0 Å². The Labute approximate surface area is 170 Å². The molecule has 0 aliphatic heterocycles. The summed E-state index contributed by atoms with van der Waals surface area (Å²) in [5, 5.41) is 3.34. The molecule has 8 heteroatoms. The third-order valence-electron chi connectivity index (χ3n) is 4.19. The third kappa shape index (κ3) is 5.61. The second-order valence-corrected chi connectivity index (χ2v) is 9.09. The fourth-order valence-corrected chi connectivity index (χ4v) is 4.34. The summed E-state index contributed by atoms with van der Waals surface area (Å²) in [4.78, 5) is 12.6. The van der Waals surface area contributed by atoms with Crippen molar-refractivity contribution in [3.63, 3.8) is 0 Å². The molecule has 0 aliphatic rings. The number of hydrogen-bond donors (Lipinski definition) is 1. The van der Waals surface area contributed by atoms with Crippen molar-refractivity contribution < 1.29 is 13.2 Å². The molecule has 1 N–H and O–H groups in total. The molecule has 0 saturated carbocycles. The van der Waals surface area contributed by atoms with E-state index in [1.807, 2.05) is 37.3 Å². The van der Waals surface area contributed by atoms with Crippen LogP contribution in [0.3, 0.4) is 0 Å². The average molecular weight is 429 g/mol. The van der Waals surface area contributed by atoms with Crippen LogP contribution in [0.5, 0.6) is 0 Å². The smallest absolute Gasteiger partial charge is 0.243 e. The standard InChI is InChI=1S/C19H22Cl2N2O3S/c1-13(15-7-5-4-6-8-15)12-22-19(24)14(2)23(27(3,25)26)18-11-16(20)9-10-17(18)21/h4-11,13-14H,12H2,1-3H3,(H,22,24)/t13-,14+/m1/s1. The predicted octanol–water partition coefficient (Wildman–Crippen LogP) is 4.07. The van der Waals surface area contributed by atoms with Crippen LogP contribution in [0.1, 0.15) is 25.3 Å². The van der Waals surface area contributed by atoms with Gasteiger partial charge in [0.05, 0.1) is 17.0 Å². The molecule has 0 fully saturated rings. The van der Waals surface area contributed by atoms with E-state index in [9.17, 15) is 13.2 Å². The number of amides is 1. The Kier molecular flexibility index (Phi) is 7.14. The molecule has 0 bridgehead atoms. The monoisotopic (exact) mass is 428 g/mol. The maximum atomic E-state index is 12.6. The molecule has 0 spiro atoms. The summed E-state index contributed by atoms with van der Waals surface area (Å²) in [6, 6.07) is 13.3. The van der Waals surface area contributed by atoms with E-state index in [1.54, 1.807) is 6.07 Å². The van der Waals surface area contributed by atoms with Gasteiger partial charge >= 0.3 is 0 Å². The SMILES string of the molecule is C[C@H](CNC(=O)[C@H](C)N(c1cc(Cl)ccc1Cl)S(C)(=O)=O)c1ccccc1. The number of sulfonamides is 1. The van der Waals surface area contributed by atoms with E-state index in [2.05, 4.69) is 5.32 Å². The first-order valence-electron chi connectivity index (χ1n) is 8.38. The van der Waals surface area contributed by atoms with E-state index in [1.165, 1.54) is 19.1 Å². The molecular weight excluding hydrogens is 407 g/mol. The van der Waals surface area contributed by atoms with Crippen LogP contribution < -0.4 is 9.62 Å². The maximum Gasteiger partial charge on any atom is 0.243 e. The number of carbonyl (C=O) groups is 1. The van der Waals surface area contributed by atoms with Crippen molar-refractivity contribution in [3.05, 3.63) is 64.1 Å². The Bertz CT molecular complexity index is 904. The van der Waals surface area contributed by atoms with Crippen molar-refractivity contribution in [2.45, 2.75) is 25.8 Å². The molecule has 2 aromatic rings. The number of hydrogen-bond acceptors (Lipinski definition) is 3. The third-order valence-corrected chi connectivity index (χ3v) is 5.97. The highest BCUT2D eigenvalue weighted by atomic mass is 35.5. The van der Waals surface area contributed by atoms with E-state index >= 15 is 0 Å². The summed E-state index contributed by atoms with van der Waals surface area (Å²) >= 11 is 12.1. The summed E-state index contributed by atoms with van der Waals surface area (Å²) in [5.74, 6) is -0.331. The van der Waals surface area contributed by atoms with Crippen molar-refractivity contribution in [2.75, 3.05) is 17.1 Å². The van der Waals surface area contributed by atoms with Gasteiger partial charge in [-0.25, -0.2) is 8.42 Å². The largest absolute Gasteiger partial charge is 0.354 e. The Balaban J connectivity index is 2.19. The highest BCUT2D eigenvalue weighted by molar-refractivity contribution is 7.92. The van der Waals surface area contributed by atoms with Gasteiger partial charge in [-0.3, -0.25) is 9.10 Å². The molecule has 2 rings (SSSR count). The lowest BCUT2D eigenvalue weighted by Gasteiger charge is -2.29. The summed E-state index contributed by atoms with van der Waals surface area (Å²) in [6.07, 6.45) is 1.03. The quantitative estimate of drug-likeness (QED) is 0.722. The first kappa shape index (κ1) is 21.5. The number of rotatable bonds is 7. The van der Waals surface area contributed by atoms with Gasteiger partial charge in [-0.05, 0) is 36.6 Å². The number of nitrogens with one attached hydrogen (secondary N) is 1. The zero-order valence-electron chi connectivity index (χ0n) is 15.3. The Hall–Kier alpha value is -1.76. The Morgan fingerprint density at radius 2 is 1.74 bits per heavy atom. The van der Waals surface area contributed by atoms with Gasteiger partial charge in [-0.1, -0.05) is 60.5 Å². The minimum Gasteiger partial charge on any atom is -0.354 e. The van der Waals surface area contributed by atoms with Crippen LogP contribution in [-0.2, 0) is 14.8 Å². The fraction of sp³-hybridized carbons (Fsp3) is 0.316. The van der Waals surface area contributed by atoms with Gasteiger partial charge in [-0.15, -0.1) is 0 Å². The van der Waals surface area contributed by atoms with Gasteiger partial charge in [0.2, 0.25) is 15.9 Å². The number of nitrogens with zero attached hydrogens (tertiary/aromatic N) is 1. The summed E-state index contributed by atoms with van der Waals surface area (Å²) in [7, 11) is -3.76. The van der Waals surface area contributed by atoms with E-state index in [0.717, 1.165) is 16.1 Å². The molecule has 27 heavy (non-hydrogen) atoms. The molecule has 2 atom stereocenters. The van der Waals surface area contributed by atoms with Crippen LogP contribution >= 0.6 is 23.2 Å². The van der Waals surface area contributed by atoms with Crippen LogP contribution in [0.4, 0.5) is 5.69 Å². The number of halogens is 2. The highest BCUT2D eigenvalue weighted by Crippen LogP contribution is 2.32. The normalized spacial score (nSPS) is 13.7. The molecule has 0 heterocycles. The lowest BCUT2D eigenvalue weighted by molar-refractivity contribution is -0.121. The van der Waals surface area contributed by atoms with Gasteiger partial charge in [0.1, 0.15) is 6.04 Å². The molecule has 0 unspecified atom stereocenters. The zero-order valence-corrected chi connectivity index (χ0v) is 17.6. The van der Waals surface area contributed by atoms with E-state index in [0.29, 0.717) is 11.6 Å². The first-order valence-corrected chi connectivity index (χ1v) is 11.0. The molecule has 5 nitrogen and oxygen atoms in total. The van der Waals surface area contributed by atoms with Crippen LogP contribution in [0, 0.1) is 0 Å². The number of benzene rings is 2. The maximum absolute atomic E-state index is 12.6. The Morgan fingerprint density at radius 1 is 1.11 bits per heavy atom. The molecule has 2 aromatic carbocycles. The molecule has 1 amide bonds.